The van der Waals surface area contributed by atoms with Crippen molar-refractivity contribution in [3.8, 4) is 5.75 Å². The highest BCUT2D eigenvalue weighted by Gasteiger charge is 2.37. The largest absolute Gasteiger partial charge is 0.496 e. The minimum Gasteiger partial charge on any atom is -0.496 e. The number of unbranched alkanes of at least 4 members (excludes halogenated alkanes) is 3. The Hall–Kier alpha value is -1.32. The number of hydrogen-bond donors (Lipinski definition) is 0. The van der Waals surface area contributed by atoms with E-state index in [9.17, 15) is 0 Å². The van der Waals surface area contributed by atoms with Crippen LogP contribution in [0.15, 0.2) is 36.4 Å². The number of ether oxygens (including phenoxy) is 3. The second-order valence-electron chi connectivity index (χ2n) is 6.95. The number of benzene rings is 1. The summed E-state index contributed by atoms with van der Waals surface area (Å²) in [4.78, 5) is 0. The summed E-state index contributed by atoms with van der Waals surface area (Å²) in [7, 11) is 1.71. The van der Waals surface area contributed by atoms with Crippen molar-refractivity contribution in [2.45, 2.75) is 64.8 Å². The fourth-order valence-corrected chi connectivity index (χ4v) is 3.14. The van der Waals surface area contributed by atoms with Gasteiger partial charge in [-0.25, -0.2) is 0 Å². The van der Waals surface area contributed by atoms with Crippen LogP contribution in [0.4, 0.5) is 0 Å². The molecule has 1 aromatic rings. The number of hydrogen-bond acceptors (Lipinski definition) is 3. The van der Waals surface area contributed by atoms with E-state index in [1.807, 2.05) is 32.0 Å². The smallest absolute Gasteiger partial charge is 0.163 e. The zero-order valence-corrected chi connectivity index (χ0v) is 15.6. The van der Waals surface area contributed by atoms with Crippen LogP contribution in [0.25, 0.3) is 0 Å². The average Bonchev–Trinajstić information content (AvgIpc) is 2.58. The number of allylic oxidation sites excluding steroid dienone is 2. The number of rotatable bonds is 8. The highest BCUT2D eigenvalue weighted by atomic mass is 16.7. The Morgan fingerprint density at radius 2 is 2.00 bits per heavy atom. The molecule has 2 unspecified atom stereocenters. The third-order valence-electron chi connectivity index (χ3n) is 4.51. The van der Waals surface area contributed by atoms with Gasteiger partial charge in [0, 0.05) is 11.5 Å². The van der Waals surface area contributed by atoms with Crippen LogP contribution in [-0.2, 0) is 9.47 Å². The molecule has 1 saturated heterocycles. The first kappa shape index (κ1) is 19.0. The summed E-state index contributed by atoms with van der Waals surface area (Å²) in [5, 5.41) is 0. The molecular weight excluding hydrogens is 300 g/mol. The van der Waals surface area contributed by atoms with Crippen LogP contribution < -0.4 is 4.74 Å². The van der Waals surface area contributed by atoms with Crippen LogP contribution in [0, 0.1) is 5.92 Å². The van der Waals surface area contributed by atoms with E-state index in [1.54, 1.807) is 7.11 Å². The zero-order chi connectivity index (χ0) is 17.4. The van der Waals surface area contributed by atoms with Gasteiger partial charge in [-0.05, 0) is 39.2 Å². The topological polar surface area (TPSA) is 27.7 Å². The maximum absolute atomic E-state index is 6.27. The summed E-state index contributed by atoms with van der Waals surface area (Å²) in [5.74, 6) is 0.626. The SMILES string of the molecule is CCCCC/C=C\CC1COC(C)(C)OC1c1ccccc1OC. The minimum absolute atomic E-state index is 0.00908. The third-order valence-corrected chi connectivity index (χ3v) is 4.51. The molecule has 0 bridgehead atoms. The second-order valence-corrected chi connectivity index (χ2v) is 6.95. The maximum atomic E-state index is 6.27. The van der Waals surface area contributed by atoms with Crippen molar-refractivity contribution in [1.82, 2.24) is 0 Å². The van der Waals surface area contributed by atoms with E-state index in [0.717, 1.165) is 24.2 Å². The summed E-state index contributed by atoms with van der Waals surface area (Å²) in [6.07, 6.45) is 10.5. The predicted molar refractivity (Wildman–Crippen MR) is 98.2 cm³/mol. The van der Waals surface area contributed by atoms with Gasteiger partial charge in [0.25, 0.3) is 0 Å². The van der Waals surface area contributed by atoms with Gasteiger partial charge in [0.15, 0.2) is 5.79 Å². The quantitative estimate of drug-likeness (QED) is 0.454. The van der Waals surface area contributed by atoms with Crippen molar-refractivity contribution in [2.24, 2.45) is 5.92 Å². The van der Waals surface area contributed by atoms with E-state index >= 15 is 0 Å². The number of para-hydroxylation sites is 1. The summed E-state index contributed by atoms with van der Waals surface area (Å²) in [6.45, 7) is 6.90. The molecule has 1 aliphatic rings. The molecule has 0 saturated carbocycles. The first-order valence-electron chi connectivity index (χ1n) is 9.17. The van der Waals surface area contributed by atoms with Gasteiger partial charge in [0.05, 0.1) is 19.8 Å². The lowest BCUT2D eigenvalue weighted by atomic mass is 9.91. The summed E-state index contributed by atoms with van der Waals surface area (Å²) >= 11 is 0. The molecule has 1 heterocycles. The fourth-order valence-electron chi connectivity index (χ4n) is 3.14. The monoisotopic (exact) mass is 332 g/mol. The van der Waals surface area contributed by atoms with E-state index in [0.29, 0.717) is 12.5 Å². The van der Waals surface area contributed by atoms with E-state index in [4.69, 9.17) is 14.2 Å². The molecule has 0 aliphatic carbocycles. The zero-order valence-electron chi connectivity index (χ0n) is 15.6. The van der Waals surface area contributed by atoms with Crippen LogP contribution >= 0.6 is 0 Å². The Morgan fingerprint density at radius 1 is 1.21 bits per heavy atom. The van der Waals surface area contributed by atoms with Gasteiger partial charge >= 0.3 is 0 Å². The summed E-state index contributed by atoms with van der Waals surface area (Å²) in [6, 6.07) is 8.14. The van der Waals surface area contributed by atoms with Gasteiger partial charge in [-0.3, -0.25) is 0 Å². The highest BCUT2D eigenvalue weighted by Crippen LogP contribution is 2.41. The fraction of sp³-hybridized carbons (Fsp3) is 0.619. The lowest BCUT2D eigenvalue weighted by molar-refractivity contribution is -0.295. The summed E-state index contributed by atoms with van der Waals surface area (Å²) in [5.41, 5.74) is 1.11. The first-order chi connectivity index (χ1) is 11.6. The van der Waals surface area contributed by atoms with Crippen molar-refractivity contribution < 1.29 is 14.2 Å². The molecule has 3 heteroatoms. The van der Waals surface area contributed by atoms with Crippen molar-refractivity contribution in [3.05, 3.63) is 42.0 Å². The molecule has 3 nitrogen and oxygen atoms in total. The van der Waals surface area contributed by atoms with Gasteiger partial charge in [-0.2, -0.15) is 0 Å². The first-order valence-corrected chi connectivity index (χ1v) is 9.17. The molecule has 0 N–H and O–H groups in total. The molecule has 1 fully saturated rings. The Bertz CT molecular complexity index is 522. The van der Waals surface area contributed by atoms with Crippen LogP contribution in [-0.4, -0.2) is 19.5 Å². The average molecular weight is 332 g/mol. The normalized spacial score (nSPS) is 23.5. The summed E-state index contributed by atoms with van der Waals surface area (Å²) < 4.78 is 17.7. The van der Waals surface area contributed by atoms with Crippen LogP contribution in [0.5, 0.6) is 5.75 Å². The molecule has 2 rings (SSSR count). The van der Waals surface area contributed by atoms with Crippen LogP contribution in [0.1, 0.15) is 64.5 Å². The van der Waals surface area contributed by atoms with Crippen molar-refractivity contribution in [3.63, 3.8) is 0 Å². The van der Waals surface area contributed by atoms with Crippen LogP contribution in [0.2, 0.25) is 0 Å². The molecule has 2 atom stereocenters. The Labute approximate surface area is 147 Å². The van der Waals surface area contributed by atoms with Gasteiger partial charge in [0.1, 0.15) is 5.75 Å². The standard InChI is InChI=1S/C21H32O3/c1-5-6-7-8-9-10-13-17-16-23-21(2,3)24-20(17)18-14-11-12-15-19(18)22-4/h9-12,14-15,17,20H,5-8,13,16H2,1-4H3/b10-9-. The molecule has 0 aromatic heterocycles. The van der Waals surface area contributed by atoms with E-state index in [-0.39, 0.29) is 6.10 Å². The molecular formula is C21H32O3. The van der Waals surface area contributed by atoms with Gasteiger partial charge in [0.2, 0.25) is 0 Å². The van der Waals surface area contributed by atoms with Crippen LogP contribution in [0.3, 0.4) is 0 Å². The van der Waals surface area contributed by atoms with E-state index in [1.165, 1.54) is 19.3 Å². The van der Waals surface area contributed by atoms with E-state index in [2.05, 4.69) is 25.1 Å². The van der Waals surface area contributed by atoms with Gasteiger partial charge in [-0.15, -0.1) is 0 Å². The Kier molecular flexibility index (Phi) is 7.32. The molecule has 134 valence electrons. The van der Waals surface area contributed by atoms with Gasteiger partial charge in [-0.1, -0.05) is 50.1 Å². The molecule has 0 radical (unpaired) electrons. The molecule has 1 aliphatic heterocycles. The second kappa shape index (κ2) is 9.24. The molecule has 0 spiro atoms. The maximum Gasteiger partial charge on any atom is 0.163 e. The highest BCUT2D eigenvalue weighted by molar-refractivity contribution is 5.35. The van der Waals surface area contributed by atoms with Crippen molar-refractivity contribution >= 4 is 0 Å². The third kappa shape index (κ3) is 5.35. The Balaban J connectivity index is 2.07. The molecule has 24 heavy (non-hydrogen) atoms. The van der Waals surface area contributed by atoms with Crippen molar-refractivity contribution in [1.29, 1.82) is 0 Å². The van der Waals surface area contributed by atoms with Gasteiger partial charge < -0.3 is 14.2 Å². The van der Waals surface area contributed by atoms with E-state index < -0.39 is 5.79 Å². The number of methoxy groups -OCH3 is 1. The lowest BCUT2D eigenvalue weighted by Gasteiger charge is -2.41. The Morgan fingerprint density at radius 3 is 2.75 bits per heavy atom. The lowest BCUT2D eigenvalue weighted by Crippen LogP contribution is -2.41. The molecule has 1 aromatic carbocycles. The molecule has 0 amide bonds. The minimum atomic E-state index is -0.563. The predicted octanol–water partition coefficient (Wildman–Crippen LogP) is 5.66. The van der Waals surface area contributed by atoms with Crippen molar-refractivity contribution in [2.75, 3.05) is 13.7 Å².